The maximum Gasteiger partial charge on any atom is 0.285 e. The van der Waals surface area contributed by atoms with E-state index in [9.17, 15) is 14.9 Å². The fourth-order valence-corrected chi connectivity index (χ4v) is 4.58. The molecule has 2 aromatic carbocycles. The molecule has 0 bridgehead atoms. The second-order valence-corrected chi connectivity index (χ2v) is 8.21. The lowest BCUT2D eigenvalue weighted by Crippen LogP contribution is -2.19. The van der Waals surface area contributed by atoms with Crippen LogP contribution in [0.4, 0.5) is 5.69 Å². The normalized spacial score (nSPS) is 11.9. The number of rotatable bonds is 6. The van der Waals surface area contributed by atoms with Crippen molar-refractivity contribution in [3.05, 3.63) is 73.7 Å². The number of halogens is 1. The van der Waals surface area contributed by atoms with Crippen molar-refractivity contribution >= 4 is 44.7 Å². The average Bonchev–Trinajstić information content (AvgIpc) is 3.31. The molecule has 0 saturated heterocycles. The van der Waals surface area contributed by atoms with E-state index in [1.807, 2.05) is 0 Å². The molecule has 2 heterocycles. The van der Waals surface area contributed by atoms with Crippen LogP contribution in [0.2, 0.25) is 5.02 Å². The molecule has 164 valence electrons. The average molecular weight is 473 g/mol. The highest BCUT2D eigenvalue weighted by atomic mass is 35.5. The van der Waals surface area contributed by atoms with Gasteiger partial charge in [-0.25, -0.2) is 0 Å². The van der Waals surface area contributed by atoms with Crippen LogP contribution in [0.3, 0.4) is 0 Å². The first-order valence-electron chi connectivity index (χ1n) is 9.47. The molecule has 4 rings (SSSR count). The zero-order chi connectivity index (χ0) is 22.8. The number of non-ortho nitro benzene ring substituents is 1. The van der Waals surface area contributed by atoms with E-state index in [0.29, 0.717) is 44.7 Å². The Balaban J connectivity index is 1.86. The van der Waals surface area contributed by atoms with E-state index in [-0.39, 0.29) is 11.3 Å². The molecule has 0 aliphatic carbocycles. The molecule has 0 fully saturated rings. The maximum absolute atomic E-state index is 13.2. The van der Waals surface area contributed by atoms with Gasteiger partial charge in [0.1, 0.15) is 17.0 Å². The van der Waals surface area contributed by atoms with Gasteiger partial charge in [0.25, 0.3) is 11.6 Å². The SMILES string of the molecule is COCCn1c(=NC(=O)c2c(-c3ccccc3Cl)noc2C)sc2cc([N+](=O)[O-])ccc21. The predicted octanol–water partition coefficient (Wildman–Crippen LogP) is 4.62. The van der Waals surface area contributed by atoms with Gasteiger partial charge in [-0.05, 0) is 19.1 Å². The van der Waals surface area contributed by atoms with E-state index in [4.69, 9.17) is 20.9 Å². The van der Waals surface area contributed by atoms with Crippen molar-refractivity contribution in [1.82, 2.24) is 9.72 Å². The Morgan fingerprint density at radius 2 is 2.12 bits per heavy atom. The molecule has 11 heteroatoms. The molecule has 0 aliphatic rings. The highest BCUT2D eigenvalue weighted by Crippen LogP contribution is 2.31. The number of carbonyl (C=O) groups excluding carboxylic acids is 1. The van der Waals surface area contributed by atoms with Gasteiger partial charge < -0.3 is 13.8 Å². The minimum Gasteiger partial charge on any atom is -0.383 e. The van der Waals surface area contributed by atoms with Crippen LogP contribution in [0.1, 0.15) is 16.1 Å². The number of aryl methyl sites for hydroxylation is 1. The third-order valence-electron chi connectivity index (χ3n) is 4.80. The summed E-state index contributed by atoms with van der Waals surface area (Å²) in [6.45, 7) is 2.42. The lowest BCUT2D eigenvalue weighted by molar-refractivity contribution is -0.384. The molecule has 0 atom stereocenters. The minimum atomic E-state index is -0.550. The van der Waals surface area contributed by atoms with Crippen LogP contribution in [-0.4, -0.2) is 34.3 Å². The number of methoxy groups -OCH3 is 1. The molecule has 0 spiro atoms. The number of ether oxygens (including phenoxy) is 1. The first kappa shape index (κ1) is 21.9. The van der Waals surface area contributed by atoms with E-state index in [2.05, 4.69) is 10.1 Å². The van der Waals surface area contributed by atoms with E-state index >= 15 is 0 Å². The number of thiazole rings is 1. The molecule has 9 nitrogen and oxygen atoms in total. The second kappa shape index (κ2) is 9.03. The summed E-state index contributed by atoms with van der Waals surface area (Å²) in [6, 6.07) is 11.5. The molecule has 0 aliphatic heterocycles. The predicted molar refractivity (Wildman–Crippen MR) is 120 cm³/mol. The summed E-state index contributed by atoms with van der Waals surface area (Å²) in [4.78, 5) is 28.6. The number of benzene rings is 2. The van der Waals surface area contributed by atoms with Gasteiger partial charge in [-0.1, -0.05) is 46.3 Å². The standard InChI is InChI=1S/C21H17ClN4O5S/c1-12-18(19(24-31-12)14-5-3-4-6-15(14)22)20(27)23-21-25(9-10-30-2)16-8-7-13(26(28)29)11-17(16)32-21/h3-8,11H,9-10H2,1-2H3. The lowest BCUT2D eigenvalue weighted by Gasteiger charge is -2.04. The number of hydrogen-bond acceptors (Lipinski definition) is 7. The summed E-state index contributed by atoms with van der Waals surface area (Å²) in [6.07, 6.45) is 0. The van der Waals surface area contributed by atoms with Gasteiger partial charge in [-0.2, -0.15) is 4.99 Å². The smallest absolute Gasteiger partial charge is 0.285 e. The first-order chi connectivity index (χ1) is 15.4. The summed E-state index contributed by atoms with van der Waals surface area (Å²) in [5.41, 5.74) is 1.76. The molecular formula is C21H17ClN4O5S. The largest absolute Gasteiger partial charge is 0.383 e. The highest BCUT2D eigenvalue weighted by molar-refractivity contribution is 7.16. The van der Waals surface area contributed by atoms with Crippen LogP contribution in [0.5, 0.6) is 0 Å². The number of amides is 1. The topological polar surface area (TPSA) is 113 Å². The molecule has 0 radical (unpaired) electrons. The van der Waals surface area contributed by atoms with Crippen LogP contribution in [0.25, 0.3) is 21.5 Å². The molecule has 0 N–H and O–H groups in total. The number of hydrogen-bond donors (Lipinski definition) is 0. The summed E-state index contributed by atoms with van der Waals surface area (Å²) in [5, 5.41) is 15.6. The number of nitro benzene ring substituents is 1. The molecule has 0 saturated carbocycles. The monoisotopic (exact) mass is 472 g/mol. The quantitative estimate of drug-likeness (QED) is 0.299. The fourth-order valence-electron chi connectivity index (χ4n) is 3.26. The second-order valence-electron chi connectivity index (χ2n) is 6.80. The lowest BCUT2D eigenvalue weighted by atomic mass is 10.1. The third-order valence-corrected chi connectivity index (χ3v) is 6.17. The van der Waals surface area contributed by atoms with E-state index in [1.54, 1.807) is 48.9 Å². The number of nitrogens with zero attached hydrogens (tertiary/aromatic N) is 4. The van der Waals surface area contributed by atoms with Crippen LogP contribution >= 0.6 is 22.9 Å². The Morgan fingerprint density at radius 1 is 1.34 bits per heavy atom. The third kappa shape index (κ3) is 4.07. The van der Waals surface area contributed by atoms with Crippen molar-refractivity contribution in [2.75, 3.05) is 13.7 Å². The van der Waals surface area contributed by atoms with Crippen LogP contribution in [-0.2, 0) is 11.3 Å². The van der Waals surface area contributed by atoms with Gasteiger partial charge in [0, 0.05) is 31.4 Å². The molecule has 1 amide bonds. The van der Waals surface area contributed by atoms with Gasteiger partial charge in [0.05, 0.1) is 26.8 Å². The molecule has 0 unspecified atom stereocenters. The summed E-state index contributed by atoms with van der Waals surface area (Å²) in [5.74, 6) is -0.236. The minimum absolute atomic E-state index is 0.0357. The molecular weight excluding hydrogens is 456 g/mol. The zero-order valence-electron chi connectivity index (χ0n) is 17.1. The Bertz CT molecular complexity index is 1400. The summed E-state index contributed by atoms with van der Waals surface area (Å²) in [7, 11) is 1.57. The molecule has 32 heavy (non-hydrogen) atoms. The van der Waals surface area contributed by atoms with Gasteiger partial charge in [0.15, 0.2) is 4.80 Å². The van der Waals surface area contributed by atoms with Crippen LogP contribution in [0, 0.1) is 17.0 Å². The Morgan fingerprint density at radius 3 is 2.84 bits per heavy atom. The Hall–Kier alpha value is -3.34. The number of carbonyl (C=O) groups is 1. The van der Waals surface area contributed by atoms with Crippen LogP contribution < -0.4 is 4.80 Å². The van der Waals surface area contributed by atoms with Gasteiger partial charge in [-0.15, -0.1) is 0 Å². The van der Waals surface area contributed by atoms with Crippen molar-refractivity contribution in [2.45, 2.75) is 13.5 Å². The van der Waals surface area contributed by atoms with Crippen molar-refractivity contribution in [1.29, 1.82) is 0 Å². The Labute approximate surface area is 190 Å². The maximum atomic E-state index is 13.2. The number of fused-ring (bicyclic) bond motifs is 1. The van der Waals surface area contributed by atoms with Crippen LogP contribution in [0.15, 0.2) is 52.0 Å². The number of aromatic nitrogens is 2. The molecule has 2 aromatic heterocycles. The Kier molecular flexibility index (Phi) is 6.17. The summed E-state index contributed by atoms with van der Waals surface area (Å²) < 4.78 is 12.9. The zero-order valence-corrected chi connectivity index (χ0v) is 18.6. The van der Waals surface area contributed by atoms with Crippen molar-refractivity contribution in [2.24, 2.45) is 4.99 Å². The summed E-state index contributed by atoms with van der Waals surface area (Å²) >= 11 is 7.47. The molecule has 4 aromatic rings. The van der Waals surface area contributed by atoms with E-state index in [0.717, 1.165) is 5.52 Å². The fraction of sp³-hybridized carbons (Fsp3) is 0.190. The number of nitro groups is 1. The highest BCUT2D eigenvalue weighted by Gasteiger charge is 2.23. The van der Waals surface area contributed by atoms with Gasteiger partial charge >= 0.3 is 0 Å². The van der Waals surface area contributed by atoms with Gasteiger partial charge in [-0.3, -0.25) is 14.9 Å². The van der Waals surface area contributed by atoms with E-state index in [1.165, 1.54) is 23.5 Å². The van der Waals surface area contributed by atoms with E-state index < -0.39 is 10.8 Å². The van der Waals surface area contributed by atoms with Crippen molar-refractivity contribution in [3.8, 4) is 11.3 Å². The van der Waals surface area contributed by atoms with Crippen molar-refractivity contribution in [3.63, 3.8) is 0 Å². The van der Waals surface area contributed by atoms with Gasteiger partial charge in [0.2, 0.25) is 0 Å². The first-order valence-corrected chi connectivity index (χ1v) is 10.7. The van der Waals surface area contributed by atoms with Crippen molar-refractivity contribution < 1.29 is 19.0 Å².